The standard InChI is InChI=1S/C27H36O5/c1-3-4-5-6-13-18-23-24(28)25(30-19-21-14-9-7-10-15-21)26(27(29-2)32-23)31-20-22-16-11-8-12-17-22/h7-12,14-17,23,25-27H,3-6,13,18-20H2,1-2H3/t23-,25+,26-,27+/m1/s1. The Bertz CT molecular complexity index is 779. The van der Waals surface area contributed by atoms with Crippen LogP contribution in [0.15, 0.2) is 60.7 Å². The molecule has 1 saturated heterocycles. The number of rotatable bonds is 13. The minimum absolute atomic E-state index is 0.0530. The number of Topliss-reactive ketones (excluding diaryl/α,β-unsaturated/α-hetero) is 1. The third-order valence-electron chi connectivity index (χ3n) is 5.82. The fourth-order valence-corrected chi connectivity index (χ4v) is 4.00. The Morgan fingerprint density at radius 2 is 1.41 bits per heavy atom. The molecule has 0 bridgehead atoms. The van der Waals surface area contributed by atoms with E-state index in [1.54, 1.807) is 7.11 Å². The first kappa shape index (κ1) is 24.6. The highest BCUT2D eigenvalue weighted by atomic mass is 16.7. The van der Waals surface area contributed by atoms with Crippen LogP contribution in [0, 0.1) is 0 Å². The first-order valence-electron chi connectivity index (χ1n) is 11.8. The quantitative estimate of drug-likeness (QED) is 0.387. The van der Waals surface area contributed by atoms with Crippen LogP contribution in [0.1, 0.15) is 56.6 Å². The van der Waals surface area contributed by atoms with E-state index in [1.807, 2.05) is 60.7 Å². The molecule has 0 aliphatic carbocycles. The molecule has 1 aliphatic heterocycles. The lowest BCUT2D eigenvalue weighted by molar-refractivity contribution is -0.265. The minimum Gasteiger partial charge on any atom is -0.365 e. The maximum atomic E-state index is 13.4. The van der Waals surface area contributed by atoms with Crippen molar-refractivity contribution < 1.29 is 23.7 Å². The van der Waals surface area contributed by atoms with E-state index in [2.05, 4.69) is 6.92 Å². The Morgan fingerprint density at radius 1 is 0.812 bits per heavy atom. The van der Waals surface area contributed by atoms with E-state index < -0.39 is 24.6 Å². The van der Waals surface area contributed by atoms with Crippen LogP contribution in [-0.2, 0) is 37.0 Å². The van der Waals surface area contributed by atoms with Gasteiger partial charge < -0.3 is 18.9 Å². The summed E-state index contributed by atoms with van der Waals surface area (Å²) in [7, 11) is 1.59. The van der Waals surface area contributed by atoms with Crippen molar-refractivity contribution in [2.75, 3.05) is 7.11 Å². The van der Waals surface area contributed by atoms with Gasteiger partial charge >= 0.3 is 0 Å². The molecule has 2 aromatic rings. The van der Waals surface area contributed by atoms with E-state index in [-0.39, 0.29) is 5.78 Å². The van der Waals surface area contributed by atoms with Gasteiger partial charge in [-0.2, -0.15) is 0 Å². The zero-order valence-electron chi connectivity index (χ0n) is 19.3. The molecule has 0 N–H and O–H groups in total. The van der Waals surface area contributed by atoms with Gasteiger partial charge in [0.25, 0.3) is 0 Å². The normalized spacial score (nSPS) is 23.4. The van der Waals surface area contributed by atoms with Gasteiger partial charge in [0, 0.05) is 7.11 Å². The Balaban J connectivity index is 1.69. The number of hydrogen-bond donors (Lipinski definition) is 0. The number of benzene rings is 2. The van der Waals surface area contributed by atoms with Crippen molar-refractivity contribution in [1.82, 2.24) is 0 Å². The number of hydrogen-bond acceptors (Lipinski definition) is 5. The number of unbranched alkanes of at least 4 members (excludes halogenated alkanes) is 4. The smallest absolute Gasteiger partial charge is 0.193 e. The van der Waals surface area contributed by atoms with E-state index in [0.717, 1.165) is 24.0 Å². The lowest BCUT2D eigenvalue weighted by atomic mass is 9.96. The predicted molar refractivity (Wildman–Crippen MR) is 124 cm³/mol. The summed E-state index contributed by atoms with van der Waals surface area (Å²) in [5.74, 6) is -0.0530. The molecule has 174 valence electrons. The molecule has 0 unspecified atom stereocenters. The topological polar surface area (TPSA) is 54.0 Å². The summed E-state index contributed by atoms with van der Waals surface area (Å²) in [5, 5.41) is 0. The van der Waals surface area contributed by atoms with Gasteiger partial charge in [-0.3, -0.25) is 4.79 Å². The molecule has 3 rings (SSSR count). The van der Waals surface area contributed by atoms with Gasteiger partial charge in [0.15, 0.2) is 12.1 Å². The summed E-state index contributed by atoms with van der Waals surface area (Å²) in [6, 6.07) is 19.7. The molecule has 1 aliphatic rings. The van der Waals surface area contributed by atoms with E-state index in [4.69, 9.17) is 18.9 Å². The second-order valence-electron chi connectivity index (χ2n) is 8.31. The molecule has 0 amide bonds. The molecular weight excluding hydrogens is 404 g/mol. The first-order chi connectivity index (χ1) is 15.7. The highest BCUT2D eigenvalue weighted by molar-refractivity contribution is 5.88. The summed E-state index contributed by atoms with van der Waals surface area (Å²) in [6.07, 6.45) is 3.78. The largest absolute Gasteiger partial charge is 0.365 e. The van der Waals surface area contributed by atoms with Crippen molar-refractivity contribution in [1.29, 1.82) is 0 Å². The molecule has 2 aromatic carbocycles. The van der Waals surface area contributed by atoms with E-state index in [9.17, 15) is 4.79 Å². The average molecular weight is 441 g/mol. The molecule has 0 saturated carbocycles. The number of ether oxygens (including phenoxy) is 4. The van der Waals surface area contributed by atoms with Crippen LogP contribution < -0.4 is 0 Å². The Hall–Kier alpha value is -2.05. The molecule has 0 spiro atoms. The molecule has 0 radical (unpaired) electrons. The Labute approximate surface area is 192 Å². The fraction of sp³-hybridized carbons (Fsp3) is 0.519. The number of methoxy groups -OCH3 is 1. The van der Waals surface area contributed by atoms with Gasteiger partial charge in [-0.25, -0.2) is 0 Å². The van der Waals surface area contributed by atoms with Crippen molar-refractivity contribution >= 4 is 5.78 Å². The van der Waals surface area contributed by atoms with Crippen molar-refractivity contribution in [2.45, 2.75) is 83.3 Å². The van der Waals surface area contributed by atoms with Crippen LogP contribution in [-0.4, -0.2) is 37.5 Å². The zero-order valence-corrected chi connectivity index (χ0v) is 19.3. The minimum atomic E-state index is -0.738. The van der Waals surface area contributed by atoms with Crippen molar-refractivity contribution in [2.24, 2.45) is 0 Å². The van der Waals surface area contributed by atoms with Gasteiger partial charge in [0.2, 0.25) is 0 Å². The molecule has 5 nitrogen and oxygen atoms in total. The third kappa shape index (κ3) is 7.24. The predicted octanol–water partition coefficient (Wildman–Crippen LogP) is 5.46. The maximum absolute atomic E-state index is 13.4. The van der Waals surface area contributed by atoms with Crippen molar-refractivity contribution in [3.8, 4) is 0 Å². The van der Waals surface area contributed by atoms with Crippen LogP contribution >= 0.6 is 0 Å². The van der Waals surface area contributed by atoms with Crippen LogP contribution in [0.2, 0.25) is 0 Å². The Morgan fingerprint density at radius 3 is 2.00 bits per heavy atom. The molecule has 4 atom stereocenters. The van der Waals surface area contributed by atoms with Gasteiger partial charge in [-0.05, 0) is 17.5 Å². The van der Waals surface area contributed by atoms with E-state index in [1.165, 1.54) is 19.3 Å². The molecule has 5 heteroatoms. The average Bonchev–Trinajstić information content (AvgIpc) is 2.84. The number of ketones is 1. The van der Waals surface area contributed by atoms with Crippen LogP contribution in [0.25, 0.3) is 0 Å². The summed E-state index contributed by atoms with van der Waals surface area (Å²) in [5.41, 5.74) is 2.04. The number of carbonyl (C=O) groups is 1. The van der Waals surface area contributed by atoms with Crippen LogP contribution in [0.3, 0.4) is 0 Å². The first-order valence-corrected chi connectivity index (χ1v) is 11.8. The second-order valence-corrected chi connectivity index (χ2v) is 8.31. The third-order valence-corrected chi connectivity index (χ3v) is 5.82. The fourth-order valence-electron chi connectivity index (χ4n) is 4.00. The van der Waals surface area contributed by atoms with E-state index in [0.29, 0.717) is 19.6 Å². The SMILES string of the molecule is CCCCCCC[C@H]1O[C@H](OC)[C@H](OCc2ccccc2)[C@@H](OCc2ccccc2)C1=O. The summed E-state index contributed by atoms with van der Waals surface area (Å²) < 4.78 is 24.0. The van der Waals surface area contributed by atoms with Gasteiger partial charge in [-0.15, -0.1) is 0 Å². The molecule has 1 fully saturated rings. The molecule has 32 heavy (non-hydrogen) atoms. The zero-order chi connectivity index (χ0) is 22.6. The maximum Gasteiger partial charge on any atom is 0.193 e. The van der Waals surface area contributed by atoms with Crippen LogP contribution in [0.5, 0.6) is 0 Å². The van der Waals surface area contributed by atoms with Crippen molar-refractivity contribution in [3.63, 3.8) is 0 Å². The molecule has 1 heterocycles. The van der Waals surface area contributed by atoms with Gasteiger partial charge in [0.05, 0.1) is 13.2 Å². The summed E-state index contributed by atoms with van der Waals surface area (Å²) in [6.45, 7) is 2.89. The highest BCUT2D eigenvalue weighted by Crippen LogP contribution is 2.28. The molecular formula is C27H36O5. The van der Waals surface area contributed by atoms with Crippen LogP contribution in [0.4, 0.5) is 0 Å². The Kier molecular flexibility index (Phi) is 10.4. The summed E-state index contributed by atoms with van der Waals surface area (Å²) >= 11 is 0. The molecule has 0 aromatic heterocycles. The summed E-state index contributed by atoms with van der Waals surface area (Å²) in [4.78, 5) is 13.4. The van der Waals surface area contributed by atoms with Gasteiger partial charge in [0.1, 0.15) is 18.3 Å². The number of carbonyl (C=O) groups excluding carboxylic acids is 1. The highest BCUT2D eigenvalue weighted by Gasteiger charge is 2.46. The van der Waals surface area contributed by atoms with E-state index >= 15 is 0 Å². The van der Waals surface area contributed by atoms with Crippen molar-refractivity contribution in [3.05, 3.63) is 71.8 Å². The lowest BCUT2D eigenvalue weighted by Gasteiger charge is -2.39. The van der Waals surface area contributed by atoms with Gasteiger partial charge in [-0.1, -0.05) is 99.7 Å². The lowest BCUT2D eigenvalue weighted by Crippen LogP contribution is -2.57. The monoisotopic (exact) mass is 440 g/mol. The second kappa shape index (κ2) is 13.5.